The van der Waals surface area contributed by atoms with Crippen LogP contribution in [0.5, 0.6) is 5.75 Å². The minimum Gasteiger partial charge on any atom is -0.489 e. The van der Waals surface area contributed by atoms with E-state index in [1.165, 1.54) is 7.05 Å². The highest BCUT2D eigenvalue weighted by atomic mass is 127. The lowest BCUT2D eigenvalue weighted by atomic mass is 10.2. The van der Waals surface area contributed by atoms with Gasteiger partial charge in [0.05, 0.1) is 18.8 Å². The van der Waals surface area contributed by atoms with Gasteiger partial charge in [-0.25, -0.2) is 13.2 Å². The van der Waals surface area contributed by atoms with Crippen LogP contribution in [0.4, 0.5) is 18.9 Å². The van der Waals surface area contributed by atoms with Gasteiger partial charge in [0.2, 0.25) is 5.91 Å². The van der Waals surface area contributed by atoms with Crippen LogP contribution < -0.4 is 20.7 Å². The van der Waals surface area contributed by atoms with Crippen molar-refractivity contribution in [3.05, 3.63) is 59.4 Å². The van der Waals surface area contributed by atoms with Crippen LogP contribution in [-0.2, 0) is 4.79 Å². The lowest BCUT2D eigenvalue weighted by Gasteiger charge is -2.18. The summed E-state index contributed by atoms with van der Waals surface area (Å²) in [5.41, 5.74) is 0.641. The van der Waals surface area contributed by atoms with Crippen molar-refractivity contribution in [3.63, 3.8) is 0 Å². The number of carbonyl (C=O) groups excluding carboxylic acids is 1. The van der Waals surface area contributed by atoms with E-state index in [0.717, 1.165) is 23.4 Å². The molecule has 6 nitrogen and oxygen atoms in total. The van der Waals surface area contributed by atoms with E-state index in [0.29, 0.717) is 12.5 Å². The molecule has 0 aromatic heterocycles. The molecule has 2 aromatic rings. The second-order valence-corrected chi connectivity index (χ2v) is 6.32. The highest BCUT2D eigenvalue weighted by Gasteiger charge is 2.15. The molecule has 0 aliphatic rings. The van der Waals surface area contributed by atoms with Crippen LogP contribution in [-0.4, -0.2) is 38.1 Å². The molecule has 0 fully saturated rings. The fourth-order valence-electron chi connectivity index (χ4n) is 2.40. The number of ether oxygens (including phenoxy) is 1. The van der Waals surface area contributed by atoms with E-state index < -0.39 is 29.0 Å². The summed E-state index contributed by atoms with van der Waals surface area (Å²) >= 11 is 0. The molecule has 0 spiro atoms. The standard InChI is InChI=1S/C20H23F3N4O2.HI/c1-12-5-4-6-14(9-12)29-13(2)10-25-20(24-3)26-11-17(28)27-16-8-7-15(21)18(22)19(16)23;/h4-9,13H,10-11H2,1-3H3,(H,27,28)(H2,24,25,26);1H. The van der Waals surface area contributed by atoms with Gasteiger partial charge in [-0.1, -0.05) is 12.1 Å². The van der Waals surface area contributed by atoms with Gasteiger partial charge in [0, 0.05) is 7.05 Å². The highest BCUT2D eigenvalue weighted by Crippen LogP contribution is 2.19. The summed E-state index contributed by atoms with van der Waals surface area (Å²) in [4.78, 5) is 15.9. The van der Waals surface area contributed by atoms with E-state index in [-0.39, 0.29) is 36.6 Å². The Bertz CT molecular complexity index is 896. The Morgan fingerprint density at radius 2 is 1.87 bits per heavy atom. The smallest absolute Gasteiger partial charge is 0.243 e. The molecule has 30 heavy (non-hydrogen) atoms. The Labute approximate surface area is 190 Å². The van der Waals surface area contributed by atoms with Gasteiger partial charge in [0.25, 0.3) is 0 Å². The van der Waals surface area contributed by atoms with Gasteiger partial charge in [-0.05, 0) is 43.7 Å². The topological polar surface area (TPSA) is 74.8 Å². The first-order valence-corrected chi connectivity index (χ1v) is 8.91. The summed E-state index contributed by atoms with van der Waals surface area (Å²) < 4.78 is 45.5. The number of nitrogens with zero attached hydrogens (tertiary/aromatic N) is 1. The number of amides is 1. The summed E-state index contributed by atoms with van der Waals surface area (Å²) in [6, 6.07) is 9.34. The Kier molecular flexibility index (Phi) is 10.4. The molecule has 2 aromatic carbocycles. The summed E-state index contributed by atoms with van der Waals surface area (Å²) in [6.07, 6.45) is -0.180. The lowest BCUT2D eigenvalue weighted by molar-refractivity contribution is -0.115. The van der Waals surface area contributed by atoms with Crippen molar-refractivity contribution in [2.45, 2.75) is 20.0 Å². The minimum absolute atomic E-state index is 0. The molecule has 3 N–H and O–H groups in total. The van der Waals surface area contributed by atoms with Crippen molar-refractivity contribution >= 4 is 41.5 Å². The number of aliphatic imine (C=N–C) groups is 1. The van der Waals surface area contributed by atoms with Gasteiger partial charge >= 0.3 is 0 Å². The fraction of sp³-hybridized carbons (Fsp3) is 0.300. The second-order valence-electron chi connectivity index (χ2n) is 6.32. The third-order valence-electron chi connectivity index (χ3n) is 3.83. The predicted molar refractivity (Wildman–Crippen MR) is 121 cm³/mol. The number of hydrogen-bond donors (Lipinski definition) is 3. The maximum absolute atomic E-state index is 13.6. The molecule has 164 valence electrons. The molecule has 2 rings (SSSR count). The molecule has 0 aliphatic heterocycles. The van der Waals surface area contributed by atoms with Gasteiger partial charge in [-0.2, -0.15) is 0 Å². The number of aryl methyl sites for hydroxylation is 1. The van der Waals surface area contributed by atoms with Gasteiger partial charge in [0.1, 0.15) is 11.9 Å². The molecule has 0 saturated carbocycles. The third kappa shape index (κ3) is 7.73. The molecular weight excluding hydrogens is 512 g/mol. The van der Waals surface area contributed by atoms with Crippen LogP contribution in [0.25, 0.3) is 0 Å². The zero-order valence-electron chi connectivity index (χ0n) is 16.8. The van der Waals surface area contributed by atoms with Crippen molar-refractivity contribution < 1.29 is 22.7 Å². The number of carbonyl (C=O) groups is 1. The van der Waals surface area contributed by atoms with Gasteiger partial charge in [-0.3, -0.25) is 9.79 Å². The average Bonchev–Trinajstić information content (AvgIpc) is 2.68. The van der Waals surface area contributed by atoms with Crippen LogP contribution in [0.3, 0.4) is 0 Å². The van der Waals surface area contributed by atoms with E-state index in [1.54, 1.807) is 0 Å². The van der Waals surface area contributed by atoms with E-state index in [9.17, 15) is 18.0 Å². The van der Waals surface area contributed by atoms with Gasteiger partial charge in [0.15, 0.2) is 23.4 Å². The normalized spacial score (nSPS) is 11.9. The van der Waals surface area contributed by atoms with Gasteiger partial charge in [-0.15, -0.1) is 24.0 Å². The van der Waals surface area contributed by atoms with Crippen LogP contribution in [0.2, 0.25) is 0 Å². The van der Waals surface area contributed by atoms with Crippen molar-refractivity contribution in [3.8, 4) is 5.75 Å². The zero-order valence-corrected chi connectivity index (χ0v) is 19.1. The van der Waals surface area contributed by atoms with Crippen LogP contribution >= 0.6 is 24.0 Å². The number of halogens is 4. The largest absolute Gasteiger partial charge is 0.489 e. The maximum Gasteiger partial charge on any atom is 0.243 e. The Hall–Kier alpha value is -2.50. The summed E-state index contributed by atoms with van der Waals surface area (Å²) in [5.74, 6) is -4.01. The molecular formula is C20H24F3IN4O2. The van der Waals surface area contributed by atoms with Crippen LogP contribution in [0, 0.1) is 24.4 Å². The Morgan fingerprint density at radius 1 is 1.13 bits per heavy atom. The van der Waals surface area contributed by atoms with E-state index in [4.69, 9.17) is 4.74 Å². The first-order chi connectivity index (χ1) is 13.8. The number of rotatable bonds is 7. The monoisotopic (exact) mass is 536 g/mol. The molecule has 0 bridgehead atoms. The minimum atomic E-state index is -1.64. The summed E-state index contributed by atoms with van der Waals surface area (Å²) in [7, 11) is 1.52. The second kappa shape index (κ2) is 12.3. The SMILES string of the molecule is CN=C(NCC(=O)Nc1ccc(F)c(F)c1F)NCC(C)Oc1cccc(C)c1.I. The number of benzene rings is 2. The molecule has 1 atom stereocenters. The van der Waals surface area contributed by atoms with E-state index in [2.05, 4.69) is 20.9 Å². The predicted octanol–water partition coefficient (Wildman–Crippen LogP) is 3.60. The fourth-order valence-corrected chi connectivity index (χ4v) is 2.40. The number of anilines is 1. The van der Waals surface area contributed by atoms with Crippen LogP contribution in [0.1, 0.15) is 12.5 Å². The summed E-state index contributed by atoms with van der Waals surface area (Å²) in [5, 5.41) is 7.92. The first kappa shape index (κ1) is 25.5. The molecule has 10 heteroatoms. The quantitative estimate of drug-likeness (QED) is 0.219. The zero-order chi connectivity index (χ0) is 21.4. The van der Waals surface area contributed by atoms with E-state index in [1.807, 2.05) is 38.1 Å². The number of guanidine groups is 1. The third-order valence-corrected chi connectivity index (χ3v) is 3.83. The maximum atomic E-state index is 13.6. The van der Waals surface area contributed by atoms with Crippen molar-refractivity contribution in [1.82, 2.24) is 10.6 Å². The van der Waals surface area contributed by atoms with Gasteiger partial charge < -0.3 is 20.7 Å². The number of hydrogen-bond acceptors (Lipinski definition) is 3. The molecule has 1 amide bonds. The Morgan fingerprint density at radius 3 is 2.53 bits per heavy atom. The molecule has 0 aliphatic carbocycles. The summed E-state index contributed by atoms with van der Waals surface area (Å²) in [6.45, 7) is 4.00. The molecule has 0 heterocycles. The van der Waals surface area contributed by atoms with Crippen molar-refractivity contribution in [2.24, 2.45) is 4.99 Å². The Balaban J connectivity index is 0.00000450. The average molecular weight is 536 g/mol. The lowest BCUT2D eigenvalue weighted by Crippen LogP contribution is -2.44. The van der Waals surface area contributed by atoms with Crippen molar-refractivity contribution in [1.29, 1.82) is 0 Å². The van der Waals surface area contributed by atoms with Crippen molar-refractivity contribution in [2.75, 3.05) is 25.5 Å². The molecule has 0 saturated heterocycles. The highest BCUT2D eigenvalue weighted by molar-refractivity contribution is 14.0. The molecule has 0 radical (unpaired) electrons. The first-order valence-electron chi connectivity index (χ1n) is 8.91. The van der Waals surface area contributed by atoms with E-state index >= 15 is 0 Å². The van der Waals surface area contributed by atoms with Crippen LogP contribution in [0.15, 0.2) is 41.4 Å². The number of nitrogens with one attached hydrogen (secondary N) is 3. The molecule has 1 unspecified atom stereocenters.